The van der Waals surface area contributed by atoms with Crippen LogP contribution in [-0.4, -0.2) is 5.91 Å². The molecule has 1 amide bonds. The minimum Gasteiger partial charge on any atom is -0.326 e. The van der Waals surface area contributed by atoms with Gasteiger partial charge < -0.3 is 5.32 Å². The Morgan fingerprint density at radius 1 is 1.14 bits per heavy atom. The molecule has 2 heteroatoms. The summed E-state index contributed by atoms with van der Waals surface area (Å²) in [6, 6.07) is 9.96. The Morgan fingerprint density at radius 3 is 2.71 bits per heavy atom. The van der Waals surface area contributed by atoms with Gasteiger partial charge in [-0.25, -0.2) is 0 Å². The minimum atomic E-state index is -0.294. The Labute approximate surface area is 169 Å². The Kier molecular flexibility index (Phi) is 3.96. The number of amides is 1. The predicted octanol–water partition coefficient (Wildman–Crippen LogP) is 6.51. The fourth-order valence-electron chi connectivity index (χ4n) is 7.68. The van der Waals surface area contributed by atoms with Crippen LogP contribution in [0.4, 0.5) is 5.69 Å². The van der Waals surface area contributed by atoms with E-state index in [1.165, 1.54) is 44.1 Å². The van der Waals surface area contributed by atoms with E-state index in [0.29, 0.717) is 17.3 Å². The van der Waals surface area contributed by atoms with E-state index in [0.717, 1.165) is 18.5 Å². The Morgan fingerprint density at radius 2 is 1.93 bits per heavy atom. The van der Waals surface area contributed by atoms with Crippen molar-refractivity contribution >= 4 is 11.6 Å². The highest BCUT2D eigenvalue weighted by molar-refractivity contribution is 5.95. The SMILES string of the molecule is C=C1C[C@@]23CC[C@@H]4[C@](C)(C(=O)Nc5ccccc5)CCC[C@@]4(C)C2=CC[C@@H]1C3. The van der Waals surface area contributed by atoms with Gasteiger partial charge in [0, 0.05) is 5.69 Å². The lowest BCUT2D eigenvalue weighted by molar-refractivity contribution is -0.137. The number of hydrogen-bond donors (Lipinski definition) is 1. The second-order valence-electron chi connectivity index (χ2n) is 10.5. The standard InChI is InChI=1S/C26H33NO/c1-18-16-26-15-12-21-24(2,22(26)11-10-19(18)17-26)13-7-14-25(21,3)23(28)27-20-8-5-4-6-9-20/h4-6,8-9,11,19,21H,1,7,10,12-17H2,2-3H3,(H,27,28)/t19-,21+,24-,25-,26-/m1/s1. The Hall–Kier alpha value is -1.83. The molecule has 0 saturated heterocycles. The average molecular weight is 376 g/mol. The van der Waals surface area contributed by atoms with Crippen molar-refractivity contribution in [1.82, 2.24) is 0 Å². The summed E-state index contributed by atoms with van der Waals surface area (Å²) >= 11 is 0. The van der Waals surface area contributed by atoms with Crippen LogP contribution in [0.1, 0.15) is 65.2 Å². The van der Waals surface area contributed by atoms with Gasteiger partial charge in [0.05, 0.1) is 5.41 Å². The fraction of sp³-hybridized carbons (Fsp3) is 0.577. The van der Waals surface area contributed by atoms with Crippen LogP contribution >= 0.6 is 0 Å². The van der Waals surface area contributed by atoms with Crippen molar-refractivity contribution in [3.05, 3.63) is 54.1 Å². The Bertz CT molecular complexity index is 854. The molecular weight excluding hydrogens is 342 g/mol. The topological polar surface area (TPSA) is 29.1 Å². The fourth-order valence-corrected chi connectivity index (χ4v) is 7.68. The number of allylic oxidation sites excluding steroid dienone is 3. The first kappa shape index (κ1) is 18.2. The van der Waals surface area contributed by atoms with Crippen LogP contribution in [-0.2, 0) is 4.79 Å². The molecule has 2 bridgehead atoms. The summed E-state index contributed by atoms with van der Waals surface area (Å²) in [6.07, 6.45) is 12.0. The summed E-state index contributed by atoms with van der Waals surface area (Å²) in [5.41, 5.74) is 4.32. The number of fused-ring (bicyclic) bond motifs is 3. The number of benzene rings is 1. The van der Waals surface area contributed by atoms with Crippen molar-refractivity contribution in [2.45, 2.75) is 65.2 Å². The molecule has 0 aromatic heterocycles. The van der Waals surface area contributed by atoms with Crippen molar-refractivity contribution in [3.63, 3.8) is 0 Å². The third-order valence-electron chi connectivity index (χ3n) is 8.97. The van der Waals surface area contributed by atoms with Gasteiger partial charge in [0.2, 0.25) is 5.91 Å². The Balaban J connectivity index is 1.48. The van der Waals surface area contributed by atoms with E-state index < -0.39 is 0 Å². The number of carbonyl (C=O) groups is 1. The smallest absolute Gasteiger partial charge is 0.230 e. The maximum absolute atomic E-state index is 13.5. The third-order valence-corrected chi connectivity index (χ3v) is 8.97. The molecule has 1 aromatic rings. The van der Waals surface area contributed by atoms with Gasteiger partial charge in [0.1, 0.15) is 0 Å². The van der Waals surface area contributed by atoms with E-state index in [1.54, 1.807) is 5.57 Å². The molecule has 148 valence electrons. The molecule has 4 aliphatic carbocycles. The van der Waals surface area contributed by atoms with Crippen molar-refractivity contribution in [1.29, 1.82) is 0 Å². The van der Waals surface area contributed by atoms with E-state index in [4.69, 9.17) is 0 Å². The number of nitrogens with one attached hydrogen (secondary N) is 1. The van der Waals surface area contributed by atoms with Crippen molar-refractivity contribution in [3.8, 4) is 0 Å². The van der Waals surface area contributed by atoms with E-state index in [1.807, 2.05) is 30.3 Å². The average Bonchev–Trinajstić information content (AvgIpc) is 2.90. The molecule has 1 aromatic carbocycles. The predicted molar refractivity (Wildman–Crippen MR) is 115 cm³/mol. The van der Waals surface area contributed by atoms with Gasteiger partial charge >= 0.3 is 0 Å². The highest BCUT2D eigenvalue weighted by Crippen LogP contribution is 2.70. The first-order chi connectivity index (χ1) is 13.4. The van der Waals surface area contributed by atoms with Gasteiger partial charge in [0.15, 0.2) is 0 Å². The first-order valence-corrected chi connectivity index (χ1v) is 11.1. The molecule has 1 spiro atoms. The largest absolute Gasteiger partial charge is 0.326 e. The van der Waals surface area contributed by atoms with Crippen LogP contribution in [0.3, 0.4) is 0 Å². The highest BCUT2D eigenvalue weighted by atomic mass is 16.2. The van der Waals surface area contributed by atoms with Gasteiger partial charge in [-0.3, -0.25) is 4.79 Å². The van der Waals surface area contributed by atoms with Crippen molar-refractivity contribution in [2.75, 3.05) is 5.32 Å². The number of anilines is 1. The summed E-state index contributed by atoms with van der Waals surface area (Å²) in [5.74, 6) is 1.36. The third kappa shape index (κ3) is 2.42. The monoisotopic (exact) mass is 375 g/mol. The van der Waals surface area contributed by atoms with Gasteiger partial charge in [0.25, 0.3) is 0 Å². The summed E-state index contributed by atoms with van der Waals surface area (Å²) in [4.78, 5) is 13.5. The second-order valence-corrected chi connectivity index (χ2v) is 10.5. The maximum Gasteiger partial charge on any atom is 0.230 e. The molecule has 5 rings (SSSR count). The summed E-state index contributed by atoms with van der Waals surface area (Å²) in [7, 11) is 0. The molecule has 0 radical (unpaired) electrons. The summed E-state index contributed by atoms with van der Waals surface area (Å²) in [6.45, 7) is 9.14. The molecule has 5 atom stereocenters. The molecule has 4 aliphatic rings. The van der Waals surface area contributed by atoms with Crippen LogP contribution in [0.15, 0.2) is 54.1 Å². The number of hydrogen-bond acceptors (Lipinski definition) is 1. The first-order valence-electron chi connectivity index (χ1n) is 11.1. The lowest BCUT2D eigenvalue weighted by Crippen LogP contribution is -2.55. The molecular formula is C26H33NO. The number of rotatable bonds is 2. The van der Waals surface area contributed by atoms with E-state index in [9.17, 15) is 4.79 Å². The highest BCUT2D eigenvalue weighted by Gasteiger charge is 2.62. The molecule has 28 heavy (non-hydrogen) atoms. The second kappa shape index (κ2) is 6.08. The van der Waals surface area contributed by atoms with Gasteiger partial charge in [-0.1, -0.05) is 62.3 Å². The van der Waals surface area contributed by atoms with Crippen LogP contribution in [0, 0.1) is 28.1 Å². The van der Waals surface area contributed by atoms with Crippen molar-refractivity contribution in [2.24, 2.45) is 28.1 Å². The molecule has 3 fully saturated rings. The van der Waals surface area contributed by atoms with E-state index in [2.05, 4.69) is 31.8 Å². The van der Waals surface area contributed by atoms with Crippen LogP contribution in [0.5, 0.6) is 0 Å². The quantitative estimate of drug-likeness (QED) is 0.586. The number of carbonyl (C=O) groups excluding carboxylic acids is 1. The lowest BCUT2D eigenvalue weighted by atomic mass is 9.44. The van der Waals surface area contributed by atoms with Crippen LogP contribution in [0.25, 0.3) is 0 Å². The molecule has 2 nitrogen and oxygen atoms in total. The van der Waals surface area contributed by atoms with Gasteiger partial charge in [-0.2, -0.15) is 0 Å². The van der Waals surface area contributed by atoms with Gasteiger partial charge in [-0.15, -0.1) is 0 Å². The van der Waals surface area contributed by atoms with Gasteiger partial charge in [-0.05, 0) is 79.7 Å². The van der Waals surface area contributed by atoms with E-state index in [-0.39, 0.29) is 16.7 Å². The van der Waals surface area contributed by atoms with Crippen LogP contribution in [0.2, 0.25) is 0 Å². The van der Waals surface area contributed by atoms with E-state index >= 15 is 0 Å². The molecule has 0 aliphatic heterocycles. The normalized spacial score (nSPS) is 41.6. The van der Waals surface area contributed by atoms with Crippen molar-refractivity contribution < 1.29 is 4.79 Å². The lowest BCUT2D eigenvalue weighted by Gasteiger charge is -2.60. The zero-order valence-corrected chi connectivity index (χ0v) is 17.4. The zero-order chi connectivity index (χ0) is 19.6. The summed E-state index contributed by atoms with van der Waals surface area (Å²) < 4.78 is 0. The van der Waals surface area contributed by atoms with Crippen LogP contribution < -0.4 is 5.32 Å². The zero-order valence-electron chi connectivity index (χ0n) is 17.4. The molecule has 0 unspecified atom stereocenters. The maximum atomic E-state index is 13.5. The number of para-hydroxylation sites is 1. The summed E-state index contributed by atoms with van der Waals surface area (Å²) in [5, 5.41) is 3.24. The molecule has 3 saturated carbocycles. The minimum absolute atomic E-state index is 0.162. The molecule has 0 heterocycles. The molecule has 1 N–H and O–H groups in total.